The molecule has 2 aromatic carbocycles. The lowest BCUT2D eigenvalue weighted by Crippen LogP contribution is -2.16. The van der Waals surface area contributed by atoms with E-state index >= 15 is 0 Å². The number of carboxylic acid groups (broad SMARTS) is 1. The highest BCUT2D eigenvalue weighted by Gasteiger charge is 2.31. The third-order valence-corrected chi connectivity index (χ3v) is 5.30. The van der Waals surface area contributed by atoms with Crippen LogP contribution in [0.1, 0.15) is 56.3 Å². The minimum atomic E-state index is -4.74. The van der Waals surface area contributed by atoms with Crippen molar-refractivity contribution in [1.82, 2.24) is 9.97 Å². The number of hydrogen-bond donors (Lipinski definition) is 2. The Hall–Kier alpha value is -3.03. The number of rotatable bonds is 3. The molecular formula is C23H25F3N2O3. The van der Waals surface area contributed by atoms with E-state index in [2.05, 4.69) is 28.6 Å². The molecule has 5 nitrogen and oxygen atoms in total. The molecule has 2 N–H and O–H groups in total. The first kappa shape index (κ1) is 22.7. The molecule has 0 aliphatic heterocycles. The Morgan fingerprint density at radius 2 is 1.71 bits per heavy atom. The predicted molar refractivity (Wildman–Crippen MR) is 112 cm³/mol. The number of halogens is 3. The molecule has 0 unspecified atom stereocenters. The lowest BCUT2D eigenvalue weighted by molar-refractivity contribution is -0.274. The van der Waals surface area contributed by atoms with Crippen LogP contribution in [0.25, 0.3) is 22.4 Å². The van der Waals surface area contributed by atoms with Crippen LogP contribution in [-0.2, 0) is 0 Å². The molecule has 0 spiro atoms. The zero-order valence-corrected chi connectivity index (χ0v) is 17.4. The van der Waals surface area contributed by atoms with Gasteiger partial charge in [-0.3, -0.25) is 0 Å². The number of ether oxygens (including phenoxy) is 1. The summed E-state index contributed by atoms with van der Waals surface area (Å²) in [5.41, 5.74) is 2.42. The number of imidazole rings is 1. The molecule has 8 heteroatoms. The molecule has 1 heterocycles. The Kier molecular flexibility index (Phi) is 6.57. The fourth-order valence-electron chi connectivity index (χ4n) is 3.60. The van der Waals surface area contributed by atoms with Gasteiger partial charge >= 0.3 is 12.3 Å². The molecule has 0 bridgehead atoms. The van der Waals surface area contributed by atoms with Crippen molar-refractivity contribution < 1.29 is 27.8 Å². The number of nitrogens with one attached hydrogen (secondary N) is 1. The van der Waals surface area contributed by atoms with E-state index in [1.807, 2.05) is 0 Å². The molecule has 1 fully saturated rings. The number of aromatic carboxylic acids is 1. The Balaban J connectivity index is 0.000000287. The van der Waals surface area contributed by atoms with Crippen LogP contribution in [0.2, 0.25) is 0 Å². The highest BCUT2D eigenvalue weighted by molar-refractivity contribution is 5.93. The zero-order valence-electron chi connectivity index (χ0n) is 17.4. The van der Waals surface area contributed by atoms with Gasteiger partial charge in [0, 0.05) is 5.56 Å². The first-order valence-corrected chi connectivity index (χ1v) is 10.1. The number of benzene rings is 2. The minimum absolute atomic E-state index is 0.113. The molecule has 0 radical (unpaired) electrons. The van der Waals surface area contributed by atoms with Gasteiger partial charge in [-0.2, -0.15) is 0 Å². The molecule has 1 aliphatic rings. The van der Waals surface area contributed by atoms with Crippen molar-refractivity contribution in [2.24, 2.45) is 5.41 Å². The van der Waals surface area contributed by atoms with Gasteiger partial charge in [0.25, 0.3) is 0 Å². The second-order valence-electron chi connectivity index (χ2n) is 8.42. The highest BCUT2D eigenvalue weighted by Crippen LogP contribution is 2.34. The summed E-state index contributed by atoms with van der Waals surface area (Å²) in [5.74, 6) is -0.969. The average Bonchev–Trinajstić information content (AvgIpc) is 3.11. The molecule has 31 heavy (non-hydrogen) atoms. The second kappa shape index (κ2) is 8.99. The van der Waals surface area contributed by atoms with Gasteiger partial charge in [-0.25, -0.2) is 9.78 Å². The first-order chi connectivity index (χ1) is 14.5. The quantitative estimate of drug-likeness (QED) is 0.475. The van der Waals surface area contributed by atoms with Gasteiger partial charge in [-0.1, -0.05) is 33.1 Å². The molecule has 1 aromatic heterocycles. The third-order valence-electron chi connectivity index (χ3n) is 5.30. The predicted octanol–water partition coefficient (Wildman–Crippen LogP) is 6.80. The van der Waals surface area contributed by atoms with Crippen LogP contribution in [-0.4, -0.2) is 27.4 Å². The fraction of sp³-hybridized carbons (Fsp3) is 0.391. The van der Waals surface area contributed by atoms with E-state index in [0.29, 0.717) is 27.8 Å². The standard InChI is InChI=1S/C15H9F3N2O3.C8H16/c16-15(17,18)23-10-4-1-8(2-5-10)13-19-11-6-3-9(14(21)22)7-12(11)20-13;1-8(2)6-4-3-5-7-8/h1-7H,(H,19,20)(H,21,22);3-7H2,1-2H3. The molecule has 1 aliphatic carbocycles. The van der Waals surface area contributed by atoms with E-state index in [1.165, 1.54) is 68.5 Å². The lowest BCUT2D eigenvalue weighted by atomic mass is 9.78. The maximum absolute atomic E-state index is 12.1. The number of fused-ring (bicyclic) bond motifs is 1. The molecular weight excluding hydrogens is 409 g/mol. The molecule has 0 saturated heterocycles. The summed E-state index contributed by atoms with van der Waals surface area (Å²) in [6.45, 7) is 4.76. The number of carbonyl (C=O) groups is 1. The molecule has 0 atom stereocenters. The van der Waals surface area contributed by atoms with Crippen LogP contribution in [0, 0.1) is 5.41 Å². The molecule has 4 rings (SSSR count). The fourth-order valence-corrected chi connectivity index (χ4v) is 3.60. The summed E-state index contributed by atoms with van der Waals surface area (Å²) in [5, 5.41) is 8.95. The number of aromatic nitrogens is 2. The van der Waals surface area contributed by atoms with E-state index in [0.717, 1.165) is 0 Å². The summed E-state index contributed by atoms with van der Waals surface area (Å²) >= 11 is 0. The van der Waals surface area contributed by atoms with E-state index in [9.17, 15) is 18.0 Å². The Bertz CT molecular complexity index is 1030. The molecule has 0 amide bonds. The van der Waals surface area contributed by atoms with Crippen LogP contribution >= 0.6 is 0 Å². The van der Waals surface area contributed by atoms with Crippen molar-refractivity contribution >= 4 is 17.0 Å². The van der Waals surface area contributed by atoms with E-state index in [4.69, 9.17) is 5.11 Å². The second-order valence-corrected chi connectivity index (χ2v) is 8.42. The van der Waals surface area contributed by atoms with Gasteiger partial charge < -0.3 is 14.8 Å². The smallest absolute Gasteiger partial charge is 0.478 e. The topological polar surface area (TPSA) is 75.2 Å². The van der Waals surface area contributed by atoms with Crippen molar-refractivity contribution in [3.8, 4) is 17.1 Å². The third kappa shape index (κ3) is 6.47. The van der Waals surface area contributed by atoms with Gasteiger partial charge in [0.05, 0.1) is 16.6 Å². The Morgan fingerprint density at radius 1 is 1.06 bits per heavy atom. The van der Waals surface area contributed by atoms with Crippen LogP contribution in [0.4, 0.5) is 13.2 Å². The SMILES string of the molecule is CC1(C)CCCCC1.O=C(O)c1ccc2nc(-c3ccc(OC(F)(F)F)cc3)[nH]c2c1. The van der Waals surface area contributed by atoms with Crippen LogP contribution in [0.3, 0.4) is 0 Å². The maximum Gasteiger partial charge on any atom is 0.573 e. The number of nitrogens with zero attached hydrogens (tertiary/aromatic N) is 1. The average molecular weight is 434 g/mol. The van der Waals surface area contributed by atoms with Crippen molar-refractivity contribution in [3.05, 3.63) is 48.0 Å². The van der Waals surface area contributed by atoms with Gasteiger partial charge in [0.15, 0.2) is 0 Å². The summed E-state index contributed by atoms with van der Waals surface area (Å²) in [6, 6.07) is 9.63. The Morgan fingerprint density at radius 3 is 2.23 bits per heavy atom. The number of alkyl halides is 3. The summed E-state index contributed by atoms with van der Waals surface area (Å²) in [4.78, 5) is 18.1. The summed E-state index contributed by atoms with van der Waals surface area (Å²) < 4.78 is 40.2. The largest absolute Gasteiger partial charge is 0.573 e. The molecule has 3 aromatic rings. The van der Waals surface area contributed by atoms with Crippen LogP contribution in [0.5, 0.6) is 5.75 Å². The maximum atomic E-state index is 12.1. The summed E-state index contributed by atoms with van der Waals surface area (Å²) in [7, 11) is 0. The van der Waals surface area contributed by atoms with Gasteiger partial charge in [-0.15, -0.1) is 13.2 Å². The van der Waals surface area contributed by atoms with Gasteiger partial charge in [0.1, 0.15) is 11.6 Å². The van der Waals surface area contributed by atoms with Crippen LogP contribution in [0.15, 0.2) is 42.5 Å². The highest BCUT2D eigenvalue weighted by atomic mass is 19.4. The van der Waals surface area contributed by atoms with Gasteiger partial charge in [0.2, 0.25) is 0 Å². The summed E-state index contributed by atoms with van der Waals surface area (Å²) in [6.07, 6.45) is 2.57. The number of hydrogen-bond acceptors (Lipinski definition) is 3. The molecule has 166 valence electrons. The van der Waals surface area contributed by atoms with E-state index < -0.39 is 12.3 Å². The number of aromatic amines is 1. The molecule has 1 saturated carbocycles. The van der Waals surface area contributed by atoms with Crippen molar-refractivity contribution in [3.63, 3.8) is 0 Å². The van der Waals surface area contributed by atoms with Crippen molar-refractivity contribution in [2.75, 3.05) is 0 Å². The monoisotopic (exact) mass is 434 g/mol. The number of carboxylic acids is 1. The van der Waals surface area contributed by atoms with E-state index in [1.54, 1.807) is 6.07 Å². The van der Waals surface area contributed by atoms with Gasteiger partial charge in [-0.05, 0) is 60.7 Å². The zero-order chi connectivity index (χ0) is 22.6. The number of H-pyrrole nitrogens is 1. The lowest BCUT2D eigenvalue weighted by Gasteiger charge is -2.28. The minimum Gasteiger partial charge on any atom is -0.478 e. The van der Waals surface area contributed by atoms with E-state index in [-0.39, 0.29) is 11.3 Å². The first-order valence-electron chi connectivity index (χ1n) is 10.1. The Labute approximate surface area is 178 Å². The van der Waals surface area contributed by atoms with Crippen LogP contribution < -0.4 is 4.74 Å². The van der Waals surface area contributed by atoms with Crippen molar-refractivity contribution in [1.29, 1.82) is 0 Å². The van der Waals surface area contributed by atoms with Crippen molar-refractivity contribution in [2.45, 2.75) is 52.3 Å². The normalized spacial score (nSPS) is 15.8.